The summed E-state index contributed by atoms with van der Waals surface area (Å²) in [5.74, 6) is 0.898. The third-order valence-corrected chi connectivity index (χ3v) is 5.74. The third kappa shape index (κ3) is 3.20. The van der Waals surface area contributed by atoms with Crippen LogP contribution in [0.3, 0.4) is 0 Å². The molecule has 1 aliphatic carbocycles. The molecule has 1 saturated heterocycles. The van der Waals surface area contributed by atoms with E-state index in [1.165, 1.54) is 36.2 Å². The van der Waals surface area contributed by atoms with Gasteiger partial charge >= 0.3 is 0 Å². The Labute approximate surface area is 149 Å². The van der Waals surface area contributed by atoms with Crippen LogP contribution in [0.5, 0.6) is 0 Å². The maximum Gasteiger partial charge on any atom is 0.125 e. The number of likely N-dealkylation sites (tertiary alicyclic amines) is 1. The van der Waals surface area contributed by atoms with Gasteiger partial charge in [-0.1, -0.05) is 0 Å². The van der Waals surface area contributed by atoms with E-state index in [4.69, 9.17) is 9.72 Å². The number of piperidine rings is 1. The fourth-order valence-corrected chi connectivity index (χ4v) is 4.49. The van der Waals surface area contributed by atoms with Crippen LogP contribution in [0.4, 0.5) is 0 Å². The maximum atomic E-state index is 5.21. The van der Waals surface area contributed by atoms with Gasteiger partial charge in [0.05, 0.1) is 24.3 Å². The average molecular weight is 341 g/mol. The van der Waals surface area contributed by atoms with Gasteiger partial charge in [-0.05, 0) is 44.7 Å². The standard InChI is InChI=1S/C19H27N5O/c1-15-21-10-16-4-6-19(18(16)22-15)5-3-7-23(13-19)12-17-11-20-14-24(17)8-9-25-2/h10-11,14H,3-9,12-13H2,1-2H3. The first-order chi connectivity index (χ1) is 12.2. The zero-order valence-corrected chi connectivity index (χ0v) is 15.2. The maximum absolute atomic E-state index is 5.21. The fraction of sp³-hybridized carbons (Fsp3) is 0.632. The lowest BCUT2D eigenvalue weighted by Gasteiger charge is -2.40. The van der Waals surface area contributed by atoms with Crippen LogP contribution in [0, 0.1) is 6.92 Å². The molecule has 0 amide bonds. The first-order valence-corrected chi connectivity index (χ1v) is 9.23. The average Bonchev–Trinajstić information content (AvgIpc) is 3.19. The van der Waals surface area contributed by atoms with Crippen molar-refractivity contribution >= 4 is 0 Å². The minimum atomic E-state index is 0.221. The summed E-state index contributed by atoms with van der Waals surface area (Å²) >= 11 is 0. The van der Waals surface area contributed by atoms with E-state index in [9.17, 15) is 0 Å². The molecule has 3 heterocycles. The molecule has 1 spiro atoms. The summed E-state index contributed by atoms with van der Waals surface area (Å²) in [5.41, 5.74) is 4.17. The zero-order chi connectivity index (χ0) is 17.3. The van der Waals surface area contributed by atoms with Crippen LogP contribution < -0.4 is 0 Å². The van der Waals surface area contributed by atoms with Crippen molar-refractivity contribution < 1.29 is 4.74 Å². The number of rotatable bonds is 5. The second kappa shape index (κ2) is 6.84. The summed E-state index contributed by atoms with van der Waals surface area (Å²) in [7, 11) is 1.74. The Morgan fingerprint density at radius 1 is 1.28 bits per heavy atom. The summed E-state index contributed by atoms with van der Waals surface area (Å²) in [6.45, 7) is 6.77. The van der Waals surface area contributed by atoms with Gasteiger partial charge in [-0.15, -0.1) is 0 Å². The molecule has 2 aromatic rings. The SMILES string of the molecule is COCCn1cncc1CN1CCCC2(CCc3cnc(C)nc32)C1. The number of aryl methyl sites for hydroxylation is 2. The van der Waals surface area contributed by atoms with Gasteiger partial charge in [0.2, 0.25) is 0 Å². The van der Waals surface area contributed by atoms with E-state index in [-0.39, 0.29) is 5.41 Å². The molecule has 0 bridgehead atoms. The van der Waals surface area contributed by atoms with E-state index in [0.717, 1.165) is 45.0 Å². The van der Waals surface area contributed by atoms with Crippen molar-refractivity contribution in [2.45, 2.75) is 51.1 Å². The smallest absolute Gasteiger partial charge is 0.125 e. The van der Waals surface area contributed by atoms with E-state index in [2.05, 4.69) is 19.4 Å². The molecule has 2 aliphatic rings. The Balaban J connectivity index is 1.51. The van der Waals surface area contributed by atoms with E-state index < -0.39 is 0 Å². The Morgan fingerprint density at radius 2 is 2.20 bits per heavy atom. The highest BCUT2D eigenvalue weighted by molar-refractivity contribution is 5.33. The number of aromatic nitrogens is 4. The number of nitrogens with zero attached hydrogens (tertiary/aromatic N) is 5. The molecule has 1 fully saturated rings. The van der Waals surface area contributed by atoms with Gasteiger partial charge in [-0.2, -0.15) is 0 Å². The van der Waals surface area contributed by atoms with Gasteiger partial charge in [-0.3, -0.25) is 4.90 Å². The minimum absolute atomic E-state index is 0.221. The van der Waals surface area contributed by atoms with Crippen LogP contribution in [0.2, 0.25) is 0 Å². The fourth-order valence-electron chi connectivity index (χ4n) is 4.49. The van der Waals surface area contributed by atoms with Crippen molar-refractivity contribution in [1.82, 2.24) is 24.4 Å². The predicted molar refractivity (Wildman–Crippen MR) is 95.4 cm³/mol. The van der Waals surface area contributed by atoms with E-state index in [1.54, 1.807) is 7.11 Å². The predicted octanol–water partition coefficient (Wildman–Crippen LogP) is 2.11. The summed E-state index contributed by atoms with van der Waals surface area (Å²) in [5, 5.41) is 0. The number of ether oxygens (including phenoxy) is 1. The molecule has 1 unspecified atom stereocenters. The summed E-state index contributed by atoms with van der Waals surface area (Å²) in [6, 6.07) is 0. The second-order valence-corrected chi connectivity index (χ2v) is 7.46. The van der Waals surface area contributed by atoms with Gasteiger partial charge < -0.3 is 9.30 Å². The van der Waals surface area contributed by atoms with Gasteiger partial charge in [0.1, 0.15) is 5.82 Å². The van der Waals surface area contributed by atoms with Crippen molar-refractivity contribution in [3.8, 4) is 0 Å². The van der Waals surface area contributed by atoms with Crippen LogP contribution in [-0.2, 0) is 29.7 Å². The Hall–Kier alpha value is -1.79. The molecule has 0 saturated carbocycles. The van der Waals surface area contributed by atoms with Crippen LogP contribution in [-0.4, -0.2) is 51.2 Å². The third-order valence-electron chi connectivity index (χ3n) is 5.74. The van der Waals surface area contributed by atoms with Crippen molar-refractivity contribution in [2.75, 3.05) is 26.8 Å². The van der Waals surface area contributed by atoms with Crippen molar-refractivity contribution in [3.05, 3.63) is 41.5 Å². The van der Waals surface area contributed by atoms with E-state index in [1.807, 2.05) is 25.6 Å². The first-order valence-electron chi connectivity index (χ1n) is 9.23. The first kappa shape index (κ1) is 16.7. The molecule has 6 nitrogen and oxygen atoms in total. The molecule has 1 aliphatic heterocycles. The quantitative estimate of drug-likeness (QED) is 0.834. The number of hydrogen-bond donors (Lipinski definition) is 0. The number of methoxy groups -OCH3 is 1. The van der Waals surface area contributed by atoms with Gasteiger partial charge in [0.15, 0.2) is 0 Å². The zero-order valence-electron chi connectivity index (χ0n) is 15.2. The van der Waals surface area contributed by atoms with Crippen molar-refractivity contribution in [1.29, 1.82) is 0 Å². The summed E-state index contributed by atoms with van der Waals surface area (Å²) < 4.78 is 7.42. The molecule has 4 rings (SSSR count). The van der Waals surface area contributed by atoms with Crippen LogP contribution in [0.1, 0.15) is 42.0 Å². The molecular weight excluding hydrogens is 314 g/mol. The lowest BCUT2D eigenvalue weighted by Crippen LogP contribution is -2.45. The minimum Gasteiger partial charge on any atom is -0.383 e. The Kier molecular flexibility index (Phi) is 4.56. The molecule has 2 aromatic heterocycles. The molecule has 1 atom stereocenters. The molecule has 25 heavy (non-hydrogen) atoms. The molecular formula is C19H27N5O. The highest BCUT2D eigenvalue weighted by atomic mass is 16.5. The van der Waals surface area contributed by atoms with Gasteiger partial charge in [0.25, 0.3) is 0 Å². The van der Waals surface area contributed by atoms with Crippen LogP contribution in [0.15, 0.2) is 18.7 Å². The number of imidazole rings is 1. The topological polar surface area (TPSA) is 56.1 Å². The Bertz CT molecular complexity index is 739. The summed E-state index contributed by atoms with van der Waals surface area (Å²) in [4.78, 5) is 16.2. The molecule has 134 valence electrons. The molecule has 0 aromatic carbocycles. The Morgan fingerprint density at radius 3 is 3.08 bits per heavy atom. The lowest BCUT2D eigenvalue weighted by atomic mass is 9.77. The number of hydrogen-bond acceptors (Lipinski definition) is 5. The van der Waals surface area contributed by atoms with Gasteiger partial charge in [-0.25, -0.2) is 15.0 Å². The summed E-state index contributed by atoms with van der Waals surface area (Å²) in [6.07, 6.45) is 10.8. The van der Waals surface area contributed by atoms with Crippen LogP contribution >= 0.6 is 0 Å². The van der Waals surface area contributed by atoms with E-state index in [0.29, 0.717) is 0 Å². The normalized spacial score (nSPS) is 23.3. The second-order valence-electron chi connectivity index (χ2n) is 7.46. The largest absolute Gasteiger partial charge is 0.383 e. The highest BCUT2D eigenvalue weighted by Gasteiger charge is 2.43. The van der Waals surface area contributed by atoms with Crippen molar-refractivity contribution in [2.24, 2.45) is 0 Å². The highest BCUT2D eigenvalue weighted by Crippen LogP contribution is 2.44. The molecule has 0 N–H and O–H groups in total. The monoisotopic (exact) mass is 341 g/mol. The number of fused-ring (bicyclic) bond motifs is 2. The van der Waals surface area contributed by atoms with Crippen LogP contribution in [0.25, 0.3) is 0 Å². The van der Waals surface area contributed by atoms with E-state index >= 15 is 0 Å². The lowest BCUT2D eigenvalue weighted by molar-refractivity contribution is 0.132. The van der Waals surface area contributed by atoms with Gasteiger partial charge in [0, 0.05) is 44.6 Å². The van der Waals surface area contributed by atoms with Crippen molar-refractivity contribution in [3.63, 3.8) is 0 Å². The molecule has 6 heteroatoms. The molecule has 0 radical (unpaired) electrons.